The van der Waals surface area contributed by atoms with Gasteiger partial charge >= 0.3 is 6.18 Å². The number of hydrogen-bond acceptors (Lipinski definition) is 6. The molecule has 0 saturated carbocycles. The number of nitrogens with two attached hydrogens (primary N) is 1. The second kappa shape index (κ2) is 6.33. The van der Waals surface area contributed by atoms with E-state index in [2.05, 4.69) is 4.98 Å². The molecule has 1 heterocycles. The first-order valence-electron chi connectivity index (χ1n) is 7.39. The number of aliphatic hydroxyl groups is 1. The first-order valence-corrected chi connectivity index (χ1v) is 8.21. The van der Waals surface area contributed by atoms with Gasteiger partial charge in [0.15, 0.2) is 0 Å². The quantitative estimate of drug-likeness (QED) is 0.671. The van der Waals surface area contributed by atoms with Gasteiger partial charge in [-0.25, -0.2) is 4.98 Å². The molecule has 0 radical (unpaired) electrons. The Kier molecular flexibility index (Phi) is 4.45. The van der Waals surface area contributed by atoms with Crippen LogP contribution in [0.25, 0.3) is 10.2 Å². The van der Waals surface area contributed by atoms with Crippen molar-refractivity contribution < 1.29 is 27.8 Å². The number of aromatic nitrogens is 1. The molecule has 138 valence electrons. The molecule has 1 aromatic heterocycles. The van der Waals surface area contributed by atoms with Gasteiger partial charge in [0.05, 0.1) is 30.1 Å². The Balaban J connectivity index is 2.33. The Hall–Kier alpha value is -2.52. The van der Waals surface area contributed by atoms with Crippen molar-refractivity contribution in [2.45, 2.75) is 11.8 Å². The van der Waals surface area contributed by atoms with Crippen LogP contribution >= 0.6 is 11.3 Å². The summed E-state index contributed by atoms with van der Waals surface area (Å²) in [5.41, 5.74) is 2.26. The lowest BCUT2D eigenvalue weighted by atomic mass is 9.92. The number of nitrogens with zero attached hydrogens (tertiary/aromatic N) is 1. The van der Waals surface area contributed by atoms with Gasteiger partial charge in [0.1, 0.15) is 16.5 Å². The van der Waals surface area contributed by atoms with Crippen molar-refractivity contribution in [3.63, 3.8) is 0 Å². The fraction of sp³-hybridized carbons (Fsp3) is 0.235. The van der Waals surface area contributed by atoms with Crippen molar-refractivity contribution in [1.82, 2.24) is 4.98 Å². The molecule has 5 nitrogen and oxygen atoms in total. The summed E-state index contributed by atoms with van der Waals surface area (Å²) in [5, 5.41) is 10.3. The monoisotopic (exact) mass is 384 g/mol. The van der Waals surface area contributed by atoms with E-state index in [0.29, 0.717) is 10.2 Å². The lowest BCUT2D eigenvalue weighted by Gasteiger charge is -2.30. The zero-order valence-electron chi connectivity index (χ0n) is 13.8. The fourth-order valence-corrected chi connectivity index (χ4v) is 3.71. The van der Waals surface area contributed by atoms with E-state index < -0.39 is 22.3 Å². The second-order valence-electron chi connectivity index (χ2n) is 5.49. The molecule has 3 N–H and O–H groups in total. The number of ether oxygens (including phenoxy) is 2. The lowest BCUT2D eigenvalue weighted by molar-refractivity contribution is -0.248. The molecule has 0 saturated heterocycles. The number of hydrogen-bond donors (Lipinski definition) is 2. The topological polar surface area (TPSA) is 77.6 Å². The summed E-state index contributed by atoms with van der Waals surface area (Å²) < 4.78 is 52.7. The maximum atomic E-state index is 14.0. The third kappa shape index (κ3) is 2.73. The molecule has 0 bridgehead atoms. The molecule has 2 aromatic carbocycles. The minimum absolute atomic E-state index is 0.00964. The van der Waals surface area contributed by atoms with Gasteiger partial charge in [-0.3, -0.25) is 0 Å². The highest BCUT2D eigenvalue weighted by Gasteiger charge is 2.60. The van der Waals surface area contributed by atoms with E-state index in [0.717, 1.165) is 17.4 Å². The maximum absolute atomic E-state index is 14.0. The summed E-state index contributed by atoms with van der Waals surface area (Å²) in [4.78, 5) is 4.00. The van der Waals surface area contributed by atoms with Crippen molar-refractivity contribution in [2.24, 2.45) is 0 Å². The molecule has 9 heteroatoms. The van der Waals surface area contributed by atoms with E-state index >= 15 is 0 Å². The fourth-order valence-electron chi connectivity index (χ4n) is 2.62. The van der Waals surface area contributed by atoms with Crippen LogP contribution in [-0.2, 0) is 5.60 Å². The molecule has 26 heavy (non-hydrogen) atoms. The molecule has 0 aliphatic carbocycles. The van der Waals surface area contributed by atoms with Gasteiger partial charge in [-0.05, 0) is 18.2 Å². The molecule has 0 fully saturated rings. The minimum Gasteiger partial charge on any atom is -0.496 e. The average molecular weight is 384 g/mol. The SMILES string of the molecule is COc1cc(C(O)(c2nc3ccccc3s2)C(F)(F)F)c(OC)cc1N. The van der Waals surface area contributed by atoms with Crippen LogP contribution in [-0.4, -0.2) is 30.5 Å². The summed E-state index contributed by atoms with van der Waals surface area (Å²) in [6, 6.07) is 8.75. The largest absolute Gasteiger partial charge is 0.496 e. The zero-order valence-corrected chi connectivity index (χ0v) is 14.6. The summed E-state index contributed by atoms with van der Waals surface area (Å²) in [6.07, 6.45) is -5.06. The molecule has 3 aromatic rings. The van der Waals surface area contributed by atoms with E-state index in [9.17, 15) is 18.3 Å². The molecule has 0 aliphatic rings. The highest BCUT2D eigenvalue weighted by atomic mass is 32.1. The van der Waals surface area contributed by atoms with Crippen LogP contribution in [0.2, 0.25) is 0 Å². The third-order valence-electron chi connectivity index (χ3n) is 3.96. The zero-order chi connectivity index (χ0) is 19.1. The second-order valence-corrected chi connectivity index (χ2v) is 6.52. The van der Waals surface area contributed by atoms with Gasteiger partial charge in [-0.2, -0.15) is 13.2 Å². The third-order valence-corrected chi connectivity index (χ3v) is 5.10. The van der Waals surface area contributed by atoms with Crippen LogP contribution in [0.15, 0.2) is 36.4 Å². The van der Waals surface area contributed by atoms with Crippen molar-refractivity contribution in [1.29, 1.82) is 0 Å². The van der Waals surface area contributed by atoms with Gasteiger partial charge in [0.2, 0.25) is 5.60 Å². The molecule has 1 unspecified atom stereocenters. The van der Waals surface area contributed by atoms with Gasteiger partial charge in [0.25, 0.3) is 0 Å². The number of nitrogen functional groups attached to an aromatic ring is 1. The summed E-state index contributed by atoms with van der Waals surface area (Å²) in [5.74, 6) is -0.230. The predicted molar refractivity (Wildman–Crippen MR) is 92.6 cm³/mol. The minimum atomic E-state index is -5.06. The van der Waals surface area contributed by atoms with Crippen molar-refractivity contribution >= 4 is 27.2 Å². The van der Waals surface area contributed by atoms with Gasteiger partial charge < -0.3 is 20.3 Å². The summed E-state index contributed by atoms with van der Waals surface area (Å²) >= 11 is 0.754. The summed E-state index contributed by atoms with van der Waals surface area (Å²) in [7, 11) is 2.46. The Morgan fingerprint density at radius 3 is 2.31 bits per heavy atom. The number of halogens is 3. The molecule has 3 rings (SSSR count). The van der Waals surface area contributed by atoms with Crippen LogP contribution in [0.4, 0.5) is 18.9 Å². The number of alkyl halides is 3. The number of methoxy groups -OCH3 is 2. The first kappa shape index (κ1) is 18.3. The number of para-hydroxylation sites is 1. The number of benzene rings is 2. The smallest absolute Gasteiger partial charge is 0.428 e. The Bertz CT molecular complexity index is 925. The average Bonchev–Trinajstić information content (AvgIpc) is 3.04. The Morgan fingerprint density at radius 2 is 1.73 bits per heavy atom. The van der Waals surface area contributed by atoms with Crippen molar-refractivity contribution in [3.8, 4) is 11.5 Å². The molecular weight excluding hydrogens is 369 g/mol. The standard InChI is InChI=1S/C17H15F3N2O3S/c1-24-12-8-10(21)13(25-2)7-9(12)16(23,17(18,19)20)15-22-11-5-3-4-6-14(11)26-15/h3-8,23H,21H2,1-2H3. The maximum Gasteiger partial charge on any atom is 0.428 e. The first-order chi connectivity index (χ1) is 12.2. The lowest BCUT2D eigenvalue weighted by Crippen LogP contribution is -2.43. The molecular formula is C17H15F3N2O3S. The van der Waals surface area contributed by atoms with Crippen LogP contribution in [0.5, 0.6) is 11.5 Å². The van der Waals surface area contributed by atoms with E-state index in [-0.39, 0.29) is 17.2 Å². The van der Waals surface area contributed by atoms with Gasteiger partial charge in [-0.15, -0.1) is 11.3 Å². The Morgan fingerprint density at radius 1 is 1.08 bits per heavy atom. The van der Waals surface area contributed by atoms with E-state index in [4.69, 9.17) is 15.2 Å². The highest BCUT2D eigenvalue weighted by molar-refractivity contribution is 7.18. The van der Waals surface area contributed by atoms with Crippen LogP contribution in [0, 0.1) is 0 Å². The number of thiazole rings is 1. The van der Waals surface area contributed by atoms with E-state index in [1.165, 1.54) is 20.3 Å². The highest BCUT2D eigenvalue weighted by Crippen LogP contribution is 2.50. The number of anilines is 1. The predicted octanol–water partition coefficient (Wildman–Crippen LogP) is 3.69. The molecule has 0 amide bonds. The van der Waals surface area contributed by atoms with Crippen LogP contribution in [0.1, 0.15) is 10.6 Å². The van der Waals surface area contributed by atoms with Crippen LogP contribution in [0.3, 0.4) is 0 Å². The van der Waals surface area contributed by atoms with Crippen molar-refractivity contribution in [2.75, 3.05) is 20.0 Å². The molecule has 0 aliphatic heterocycles. The van der Waals surface area contributed by atoms with E-state index in [1.54, 1.807) is 24.3 Å². The molecule has 1 atom stereocenters. The van der Waals surface area contributed by atoms with Crippen LogP contribution < -0.4 is 15.2 Å². The molecule has 0 spiro atoms. The summed E-state index contributed by atoms with van der Waals surface area (Å²) in [6.45, 7) is 0. The van der Waals surface area contributed by atoms with Gasteiger partial charge in [0, 0.05) is 11.6 Å². The normalized spacial score (nSPS) is 14.2. The van der Waals surface area contributed by atoms with Gasteiger partial charge in [-0.1, -0.05) is 12.1 Å². The number of fused-ring (bicyclic) bond motifs is 1. The number of rotatable bonds is 4. The van der Waals surface area contributed by atoms with Crippen molar-refractivity contribution in [3.05, 3.63) is 47.0 Å². The Labute approximate surface area is 150 Å². The van der Waals surface area contributed by atoms with E-state index in [1.807, 2.05) is 0 Å².